The highest BCUT2D eigenvalue weighted by molar-refractivity contribution is 6.32. The Hall–Kier alpha value is -3.06. The minimum absolute atomic E-state index is 0.0803. The Kier molecular flexibility index (Phi) is 5.09. The highest BCUT2D eigenvalue weighted by atomic mass is 35.5. The van der Waals surface area contributed by atoms with Gasteiger partial charge in [0.2, 0.25) is 0 Å². The van der Waals surface area contributed by atoms with Gasteiger partial charge in [-0.25, -0.2) is 4.79 Å². The second kappa shape index (κ2) is 7.45. The van der Waals surface area contributed by atoms with Gasteiger partial charge in [-0.3, -0.25) is 10.1 Å². The second-order valence-corrected chi connectivity index (χ2v) is 5.86. The van der Waals surface area contributed by atoms with Crippen molar-refractivity contribution in [3.8, 4) is 11.5 Å². The van der Waals surface area contributed by atoms with Gasteiger partial charge in [0.05, 0.1) is 9.95 Å². The highest BCUT2D eigenvalue weighted by Crippen LogP contribution is 2.31. The summed E-state index contributed by atoms with van der Waals surface area (Å²) in [6, 6.07) is 10.7. The molecule has 0 fully saturated rings. The maximum Gasteiger partial charge on any atom is 0.336 e. The summed E-state index contributed by atoms with van der Waals surface area (Å²) in [6.07, 6.45) is 0. The van der Waals surface area contributed by atoms with Crippen LogP contribution in [0.5, 0.6) is 11.5 Å². The molecule has 3 rings (SSSR count). The molecule has 0 atom stereocenters. The number of hydrogen-bond acceptors (Lipinski definition) is 6. The Morgan fingerprint density at radius 3 is 2.54 bits per heavy atom. The van der Waals surface area contributed by atoms with E-state index in [0.29, 0.717) is 16.4 Å². The summed E-state index contributed by atoms with van der Waals surface area (Å²) in [7, 11) is 0. The topological polar surface area (TPSA) is 91.8 Å². The molecular formula is C18H14ClNO6. The molecule has 2 aromatic carbocycles. The van der Waals surface area contributed by atoms with Crippen molar-refractivity contribution >= 4 is 28.3 Å². The van der Waals surface area contributed by atoms with Gasteiger partial charge in [0, 0.05) is 23.6 Å². The molecule has 0 spiro atoms. The molecule has 0 aliphatic carbocycles. The maximum absolute atomic E-state index is 11.5. The molecule has 26 heavy (non-hydrogen) atoms. The van der Waals surface area contributed by atoms with Crippen molar-refractivity contribution in [3.05, 3.63) is 73.6 Å². The van der Waals surface area contributed by atoms with E-state index >= 15 is 0 Å². The first-order chi connectivity index (χ1) is 12.5. The number of hydrogen-bond donors (Lipinski definition) is 0. The highest BCUT2D eigenvalue weighted by Gasteiger charge is 2.14. The lowest BCUT2D eigenvalue weighted by Gasteiger charge is -2.11. The summed E-state index contributed by atoms with van der Waals surface area (Å²) in [4.78, 5) is 21.9. The Labute approximate surface area is 152 Å². The lowest BCUT2D eigenvalue weighted by atomic mass is 10.1. The van der Waals surface area contributed by atoms with E-state index in [0.717, 1.165) is 10.9 Å². The fourth-order valence-electron chi connectivity index (χ4n) is 2.46. The fourth-order valence-corrected chi connectivity index (χ4v) is 2.68. The lowest BCUT2D eigenvalue weighted by Crippen LogP contribution is -2.10. The summed E-state index contributed by atoms with van der Waals surface area (Å²) >= 11 is 6.20. The van der Waals surface area contributed by atoms with Crippen molar-refractivity contribution in [1.29, 1.82) is 0 Å². The molecule has 3 aromatic rings. The van der Waals surface area contributed by atoms with Crippen molar-refractivity contribution in [1.82, 2.24) is 0 Å². The van der Waals surface area contributed by atoms with E-state index in [4.69, 9.17) is 25.5 Å². The molecule has 0 saturated carbocycles. The molecule has 8 heteroatoms. The van der Waals surface area contributed by atoms with Gasteiger partial charge in [0.25, 0.3) is 0 Å². The van der Waals surface area contributed by atoms with Gasteiger partial charge in [-0.15, -0.1) is 0 Å². The Bertz CT molecular complexity index is 1030. The number of rotatable bonds is 6. The number of nitro benzene ring substituents is 1. The molecule has 0 unspecified atom stereocenters. The predicted octanol–water partition coefficient (Wildman–Crippen LogP) is 4.12. The van der Waals surface area contributed by atoms with Crippen LogP contribution < -0.4 is 15.1 Å². The number of para-hydroxylation sites is 2. The lowest BCUT2D eigenvalue weighted by molar-refractivity contribution is -0.385. The van der Waals surface area contributed by atoms with Crippen molar-refractivity contribution in [2.45, 2.75) is 6.92 Å². The largest absolute Gasteiger partial charge is 0.488 e. The maximum atomic E-state index is 11.5. The van der Waals surface area contributed by atoms with Crippen LogP contribution in [0, 0.1) is 17.0 Å². The molecule has 0 radical (unpaired) electrons. The number of nitro groups is 1. The molecule has 134 valence electrons. The van der Waals surface area contributed by atoms with Crippen LogP contribution in [-0.4, -0.2) is 18.1 Å². The zero-order valence-electron chi connectivity index (χ0n) is 13.7. The standard InChI is InChI=1S/C18H14ClNO6/c1-11-8-18(21)26-16-10-17(13(19)9-12(11)16)25-7-6-24-15-5-3-2-4-14(15)20(22)23/h2-5,8-10H,6-7H2,1H3. The molecule has 0 amide bonds. The van der Waals surface area contributed by atoms with E-state index < -0.39 is 10.5 Å². The molecule has 0 saturated heterocycles. The van der Waals surface area contributed by atoms with Crippen LogP contribution in [-0.2, 0) is 0 Å². The van der Waals surface area contributed by atoms with Gasteiger partial charge < -0.3 is 13.9 Å². The van der Waals surface area contributed by atoms with Gasteiger partial charge in [-0.05, 0) is 24.6 Å². The Morgan fingerprint density at radius 2 is 1.81 bits per heavy atom. The van der Waals surface area contributed by atoms with Crippen LogP contribution in [0.3, 0.4) is 0 Å². The number of nitrogens with zero attached hydrogens (tertiary/aromatic N) is 1. The first-order valence-corrected chi connectivity index (χ1v) is 8.06. The van der Waals surface area contributed by atoms with Gasteiger partial charge >= 0.3 is 11.3 Å². The molecule has 0 N–H and O–H groups in total. The zero-order valence-corrected chi connectivity index (χ0v) is 14.5. The fraction of sp³-hybridized carbons (Fsp3) is 0.167. The molecular weight excluding hydrogens is 362 g/mol. The summed E-state index contributed by atoms with van der Waals surface area (Å²) in [5.41, 5.74) is 0.551. The van der Waals surface area contributed by atoms with Gasteiger partial charge in [0.1, 0.15) is 24.5 Å². The van der Waals surface area contributed by atoms with Crippen LogP contribution in [0.4, 0.5) is 5.69 Å². The number of aryl methyl sites for hydroxylation is 1. The van der Waals surface area contributed by atoms with Crippen LogP contribution in [0.1, 0.15) is 5.56 Å². The van der Waals surface area contributed by atoms with Gasteiger partial charge in [-0.1, -0.05) is 23.7 Å². The summed E-state index contributed by atoms with van der Waals surface area (Å²) in [6.45, 7) is 1.97. The SMILES string of the molecule is Cc1cc(=O)oc2cc(OCCOc3ccccc3[N+](=O)[O-])c(Cl)cc12. The van der Waals surface area contributed by atoms with E-state index in [2.05, 4.69) is 0 Å². The van der Waals surface area contributed by atoms with Crippen molar-refractivity contribution in [2.75, 3.05) is 13.2 Å². The van der Waals surface area contributed by atoms with Crippen molar-refractivity contribution < 1.29 is 18.8 Å². The molecule has 0 aliphatic rings. The zero-order chi connectivity index (χ0) is 18.7. The Balaban J connectivity index is 1.70. The first-order valence-electron chi connectivity index (χ1n) is 7.69. The van der Waals surface area contributed by atoms with Gasteiger partial charge in [0.15, 0.2) is 5.75 Å². The van der Waals surface area contributed by atoms with Crippen LogP contribution in [0.25, 0.3) is 11.0 Å². The van der Waals surface area contributed by atoms with E-state index in [9.17, 15) is 14.9 Å². The average Bonchev–Trinajstić information content (AvgIpc) is 2.60. The van der Waals surface area contributed by atoms with E-state index in [-0.39, 0.29) is 24.7 Å². The summed E-state index contributed by atoms with van der Waals surface area (Å²) in [5, 5.41) is 12.0. The molecule has 1 aromatic heterocycles. The second-order valence-electron chi connectivity index (χ2n) is 5.45. The number of halogens is 1. The third-order valence-electron chi connectivity index (χ3n) is 3.66. The van der Waals surface area contributed by atoms with Crippen LogP contribution >= 0.6 is 11.6 Å². The van der Waals surface area contributed by atoms with Crippen molar-refractivity contribution in [2.24, 2.45) is 0 Å². The molecule has 7 nitrogen and oxygen atoms in total. The minimum atomic E-state index is -0.513. The number of fused-ring (bicyclic) bond motifs is 1. The van der Waals surface area contributed by atoms with Gasteiger partial charge in [-0.2, -0.15) is 0 Å². The normalized spacial score (nSPS) is 10.7. The number of ether oxygens (including phenoxy) is 2. The molecule has 1 heterocycles. The van der Waals surface area contributed by atoms with E-state index in [1.54, 1.807) is 25.1 Å². The van der Waals surface area contributed by atoms with Crippen LogP contribution in [0.2, 0.25) is 5.02 Å². The number of benzene rings is 2. The van der Waals surface area contributed by atoms with Crippen LogP contribution in [0.15, 0.2) is 51.7 Å². The quantitative estimate of drug-likeness (QED) is 0.278. The van der Waals surface area contributed by atoms with E-state index in [1.165, 1.54) is 24.3 Å². The monoisotopic (exact) mass is 375 g/mol. The molecule has 0 bridgehead atoms. The summed E-state index contributed by atoms with van der Waals surface area (Å²) < 4.78 is 16.1. The third-order valence-corrected chi connectivity index (χ3v) is 3.96. The first kappa shape index (κ1) is 17.8. The average molecular weight is 376 g/mol. The smallest absolute Gasteiger partial charge is 0.336 e. The molecule has 0 aliphatic heterocycles. The van der Waals surface area contributed by atoms with Crippen molar-refractivity contribution in [3.63, 3.8) is 0 Å². The predicted molar refractivity (Wildman–Crippen MR) is 96.3 cm³/mol. The Morgan fingerprint density at radius 1 is 1.12 bits per heavy atom. The third kappa shape index (κ3) is 3.78. The summed E-state index contributed by atoms with van der Waals surface area (Å²) in [5.74, 6) is 0.492. The minimum Gasteiger partial charge on any atom is -0.488 e. The van der Waals surface area contributed by atoms with E-state index in [1.807, 2.05) is 0 Å².